The molecule has 272 valence electrons. The summed E-state index contributed by atoms with van der Waals surface area (Å²) in [7, 11) is 0. The number of ether oxygens (including phenoxy) is 6. The molecule has 3 aliphatic rings. The van der Waals surface area contributed by atoms with Crippen molar-refractivity contribution in [3.8, 4) is 17.2 Å². The molecule has 2 aromatic carbocycles. The van der Waals surface area contributed by atoms with Crippen LogP contribution < -0.4 is 19.8 Å². The van der Waals surface area contributed by atoms with E-state index in [4.69, 9.17) is 41.7 Å². The van der Waals surface area contributed by atoms with Gasteiger partial charge in [-0.1, -0.05) is 11.1 Å². The van der Waals surface area contributed by atoms with Crippen LogP contribution in [0.4, 0.5) is 0 Å². The summed E-state index contributed by atoms with van der Waals surface area (Å²) >= 11 is 0. The summed E-state index contributed by atoms with van der Waals surface area (Å²) < 4.78 is 54.7. The largest absolute Gasteiger partial charge is 0.488 e. The summed E-state index contributed by atoms with van der Waals surface area (Å²) in [5.41, 5.74) is 3.83. The van der Waals surface area contributed by atoms with Gasteiger partial charge >= 0.3 is 11.6 Å². The van der Waals surface area contributed by atoms with Gasteiger partial charge in [0.15, 0.2) is 0 Å². The maximum Gasteiger partial charge on any atom is 0.350 e. The number of rotatable bonds is 12. The van der Waals surface area contributed by atoms with Crippen LogP contribution in [0.25, 0.3) is 39.0 Å². The summed E-state index contributed by atoms with van der Waals surface area (Å²) in [6.45, 7) is 13.3. The van der Waals surface area contributed by atoms with E-state index in [2.05, 4.69) is 33.8 Å². The number of epoxide rings is 1. The van der Waals surface area contributed by atoms with Gasteiger partial charge in [0.05, 0.1) is 57.7 Å². The van der Waals surface area contributed by atoms with Crippen LogP contribution in [0.1, 0.15) is 72.8 Å². The van der Waals surface area contributed by atoms with Crippen LogP contribution in [-0.2, 0) is 14.2 Å². The maximum absolute atomic E-state index is 11.8. The first-order valence-electron chi connectivity index (χ1n) is 17.9. The summed E-state index contributed by atoms with van der Waals surface area (Å²) in [4.78, 5) is 11.8. The molecule has 1 unspecified atom stereocenters. The molecule has 0 amide bonds. The van der Waals surface area contributed by atoms with Gasteiger partial charge in [0.1, 0.15) is 47.2 Å². The van der Waals surface area contributed by atoms with E-state index in [9.17, 15) is 4.79 Å². The van der Waals surface area contributed by atoms with Crippen molar-refractivity contribution >= 4 is 39.0 Å². The highest BCUT2D eigenvalue weighted by atomic mass is 16.9. The van der Waals surface area contributed by atoms with Gasteiger partial charge in [-0.05, 0) is 104 Å². The molecule has 3 aromatic heterocycles. The molecule has 1 spiro atoms. The smallest absolute Gasteiger partial charge is 0.350 e. The van der Waals surface area contributed by atoms with Crippen molar-refractivity contribution in [3.05, 3.63) is 94.3 Å². The number of allylic oxidation sites excluding steroid dienone is 2. The number of hydrogen-bond acceptors (Lipinski definition) is 10. The fourth-order valence-electron chi connectivity index (χ4n) is 7.13. The summed E-state index contributed by atoms with van der Waals surface area (Å²) in [5, 5.41) is 2.40. The quantitative estimate of drug-likeness (QED) is 0.0705. The lowest BCUT2D eigenvalue weighted by molar-refractivity contribution is -0.270. The number of hydrogen-bond donors (Lipinski definition) is 0. The maximum atomic E-state index is 11.8. The van der Waals surface area contributed by atoms with Crippen molar-refractivity contribution in [2.24, 2.45) is 0 Å². The molecule has 2 saturated heterocycles. The average molecular weight is 709 g/mol. The third-order valence-electron chi connectivity index (χ3n) is 10.3. The zero-order valence-electron chi connectivity index (χ0n) is 30.4. The Hall–Kier alpha value is -4.77. The van der Waals surface area contributed by atoms with Crippen molar-refractivity contribution in [2.75, 3.05) is 13.2 Å². The van der Waals surface area contributed by atoms with Crippen LogP contribution in [0.3, 0.4) is 0 Å². The predicted octanol–water partition coefficient (Wildman–Crippen LogP) is 9.63. The first-order valence-corrected chi connectivity index (χ1v) is 17.9. The van der Waals surface area contributed by atoms with Crippen molar-refractivity contribution in [1.29, 1.82) is 0 Å². The third kappa shape index (κ3) is 6.66. The lowest BCUT2D eigenvalue weighted by Gasteiger charge is -2.30. The Labute approximate surface area is 301 Å². The van der Waals surface area contributed by atoms with Crippen LogP contribution >= 0.6 is 0 Å². The minimum atomic E-state index is -1.38. The van der Waals surface area contributed by atoms with E-state index in [1.165, 1.54) is 11.6 Å². The first kappa shape index (κ1) is 34.3. The molecule has 6 heterocycles. The molecule has 0 N–H and O–H groups in total. The average Bonchev–Trinajstić information content (AvgIpc) is 3.49. The molecule has 5 aromatic rings. The van der Waals surface area contributed by atoms with E-state index in [1.54, 1.807) is 24.7 Å². The zero-order chi connectivity index (χ0) is 36.3. The Morgan fingerprint density at radius 3 is 2.02 bits per heavy atom. The SMILES string of the molecule is C/C(=C\COc1c2c(cc3occc13)O[C@]1(C=C2)O[C@H](CC/C(C)=C/COc2c3ccoc3cc3oc(=O)ccc23)C(C)(C)O1)CCC1OC1(C)C. The molecule has 3 atom stereocenters. The lowest BCUT2D eigenvalue weighted by Crippen LogP contribution is -2.38. The van der Waals surface area contributed by atoms with E-state index in [0.29, 0.717) is 65.1 Å². The van der Waals surface area contributed by atoms with Gasteiger partial charge in [-0.3, -0.25) is 0 Å². The van der Waals surface area contributed by atoms with Crippen molar-refractivity contribution < 1.29 is 41.7 Å². The topological polar surface area (TPSA) is 115 Å². The fraction of sp³-hybridized carbons (Fsp3) is 0.405. The Kier molecular flexibility index (Phi) is 8.59. The van der Waals surface area contributed by atoms with Gasteiger partial charge in [-0.15, -0.1) is 0 Å². The molecular formula is C42H44O10. The molecule has 8 rings (SSSR count). The van der Waals surface area contributed by atoms with E-state index < -0.39 is 17.2 Å². The Morgan fingerprint density at radius 1 is 0.750 bits per heavy atom. The highest BCUT2D eigenvalue weighted by molar-refractivity contribution is 6.01. The molecule has 0 radical (unpaired) electrons. The monoisotopic (exact) mass is 708 g/mol. The van der Waals surface area contributed by atoms with Gasteiger partial charge in [0.25, 0.3) is 0 Å². The van der Waals surface area contributed by atoms with E-state index in [0.717, 1.165) is 41.2 Å². The molecular weight excluding hydrogens is 664 g/mol. The van der Waals surface area contributed by atoms with Crippen LogP contribution in [0, 0.1) is 0 Å². The summed E-state index contributed by atoms with van der Waals surface area (Å²) in [6, 6.07) is 10.4. The van der Waals surface area contributed by atoms with Gasteiger partial charge in [0.2, 0.25) is 0 Å². The van der Waals surface area contributed by atoms with Crippen molar-refractivity contribution in [2.45, 2.75) is 96.6 Å². The summed E-state index contributed by atoms with van der Waals surface area (Å²) in [6.07, 6.45) is 14.7. The zero-order valence-corrected chi connectivity index (χ0v) is 30.4. The lowest BCUT2D eigenvalue weighted by atomic mass is 9.96. The number of fused-ring (bicyclic) bond motifs is 4. The molecule has 52 heavy (non-hydrogen) atoms. The second-order valence-corrected chi connectivity index (χ2v) is 15.0. The van der Waals surface area contributed by atoms with Gasteiger partial charge < -0.3 is 41.7 Å². The van der Waals surface area contributed by atoms with Gasteiger partial charge in [0, 0.05) is 24.3 Å². The minimum Gasteiger partial charge on any atom is -0.488 e. The van der Waals surface area contributed by atoms with Crippen LogP contribution in [0.2, 0.25) is 0 Å². The standard InChI is InChI=1S/C42H44O10/c1-25(7-10-35-40(3,4)50-35)15-20-47-39-28-13-18-42(49-34(28)24-32-30(39)17-22-45-32)51-36(41(5,6)52-42)11-8-26(2)14-19-46-38-27-9-12-37(43)48-33(27)23-31-29(38)16-21-44-31/h9,12-18,21-24,35-36H,7-8,10-11,19-20H2,1-6H3/b25-15+,26-14+/t35?,36-,42-/m1/s1. The molecule has 10 nitrogen and oxygen atoms in total. The molecule has 2 fully saturated rings. The molecule has 0 saturated carbocycles. The van der Waals surface area contributed by atoms with Crippen molar-refractivity contribution in [1.82, 2.24) is 0 Å². The van der Waals surface area contributed by atoms with Crippen LogP contribution in [0.5, 0.6) is 17.2 Å². The van der Waals surface area contributed by atoms with E-state index >= 15 is 0 Å². The highest BCUT2D eigenvalue weighted by Crippen LogP contribution is 2.48. The number of benzene rings is 2. The van der Waals surface area contributed by atoms with Crippen LogP contribution in [-0.4, -0.2) is 42.6 Å². The second-order valence-electron chi connectivity index (χ2n) is 15.0. The van der Waals surface area contributed by atoms with E-state index in [-0.39, 0.29) is 11.7 Å². The molecule has 0 aliphatic carbocycles. The molecule has 10 heteroatoms. The third-order valence-corrected chi connectivity index (χ3v) is 10.3. The minimum absolute atomic E-state index is 0.00205. The van der Waals surface area contributed by atoms with Gasteiger partial charge in [-0.25, -0.2) is 4.79 Å². The molecule has 0 bridgehead atoms. The predicted molar refractivity (Wildman–Crippen MR) is 197 cm³/mol. The first-order chi connectivity index (χ1) is 24.9. The molecule has 3 aliphatic heterocycles. The fourth-order valence-corrected chi connectivity index (χ4v) is 7.13. The highest BCUT2D eigenvalue weighted by Gasteiger charge is 2.54. The van der Waals surface area contributed by atoms with Crippen molar-refractivity contribution in [3.63, 3.8) is 0 Å². The Balaban J connectivity index is 0.918. The van der Waals surface area contributed by atoms with E-state index in [1.807, 2.05) is 50.3 Å². The normalized spacial score (nSPS) is 23.4. The Morgan fingerprint density at radius 2 is 1.35 bits per heavy atom. The van der Waals surface area contributed by atoms with Gasteiger partial charge in [-0.2, -0.15) is 0 Å². The second kappa shape index (κ2) is 13.0. The number of furan rings is 2. The van der Waals surface area contributed by atoms with Crippen LogP contribution in [0.15, 0.2) is 96.3 Å². The summed E-state index contributed by atoms with van der Waals surface area (Å²) in [5.74, 6) is 0.495. The Bertz CT molecular complexity index is 2300.